The highest BCUT2D eigenvalue weighted by Crippen LogP contribution is 2.38. The maximum absolute atomic E-state index is 12.3. The third kappa shape index (κ3) is 4.57. The molecule has 0 saturated carbocycles. The number of piperazine rings is 1. The van der Waals surface area contributed by atoms with E-state index in [9.17, 15) is 10.1 Å². The molecule has 7 heteroatoms. The number of nitrogens with zero attached hydrogens (tertiary/aromatic N) is 3. The van der Waals surface area contributed by atoms with Crippen LogP contribution in [0.2, 0.25) is 0 Å². The minimum absolute atomic E-state index is 0.0658. The van der Waals surface area contributed by atoms with Crippen LogP contribution in [0.3, 0.4) is 0 Å². The third-order valence-corrected chi connectivity index (χ3v) is 4.53. The second-order valence-corrected chi connectivity index (χ2v) is 7.95. The van der Waals surface area contributed by atoms with Crippen molar-refractivity contribution in [3.05, 3.63) is 22.2 Å². The maximum Gasteiger partial charge on any atom is 0.410 e. The number of halogens is 1. The number of rotatable bonds is 2. The average Bonchev–Trinajstić information content (AvgIpc) is 2.52. The lowest BCUT2D eigenvalue weighted by Crippen LogP contribution is -2.54. The monoisotopic (exact) mass is 409 g/mol. The van der Waals surface area contributed by atoms with E-state index in [4.69, 9.17) is 9.47 Å². The lowest BCUT2D eigenvalue weighted by Gasteiger charge is -2.42. The number of carbonyl (C=O) groups excluding carboxylic acids is 1. The average molecular weight is 410 g/mol. The van der Waals surface area contributed by atoms with Gasteiger partial charge in [0.2, 0.25) is 0 Å². The van der Waals surface area contributed by atoms with Crippen molar-refractivity contribution < 1.29 is 14.3 Å². The molecule has 1 saturated heterocycles. The fourth-order valence-corrected chi connectivity index (χ4v) is 3.48. The molecule has 0 radical (unpaired) electrons. The topological polar surface area (TPSA) is 65.8 Å². The van der Waals surface area contributed by atoms with Crippen LogP contribution in [0.5, 0.6) is 5.75 Å². The molecule has 1 atom stereocenters. The van der Waals surface area contributed by atoms with Crippen LogP contribution in [0.15, 0.2) is 16.6 Å². The smallest absolute Gasteiger partial charge is 0.410 e. The maximum atomic E-state index is 12.3. The number of methoxy groups -OCH3 is 1. The SMILES string of the molecule is COc1c(Br)cc(C#N)cc1N1CCN(C(=O)OC(C)(C)C)C[C@@H]1C. The molecular weight excluding hydrogens is 386 g/mol. The second-order valence-electron chi connectivity index (χ2n) is 7.09. The lowest BCUT2D eigenvalue weighted by molar-refractivity contribution is 0.0218. The molecule has 0 N–H and O–H groups in total. The largest absolute Gasteiger partial charge is 0.493 e. The molecular formula is C18H24BrN3O3. The molecule has 0 aromatic heterocycles. The minimum atomic E-state index is -0.507. The third-order valence-electron chi connectivity index (χ3n) is 3.95. The number of hydrogen-bond acceptors (Lipinski definition) is 5. The molecule has 1 amide bonds. The van der Waals surface area contributed by atoms with Crippen molar-refractivity contribution in [2.24, 2.45) is 0 Å². The Labute approximate surface area is 157 Å². The van der Waals surface area contributed by atoms with E-state index >= 15 is 0 Å². The van der Waals surface area contributed by atoms with Gasteiger partial charge < -0.3 is 19.3 Å². The summed E-state index contributed by atoms with van der Waals surface area (Å²) in [6.45, 7) is 9.37. The van der Waals surface area contributed by atoms with Crippen molar-refractivity contribution in [1.29, 1.82) is 5.26 Å². The highest BCUT2D eigenvalue weighted by atomic mass is 79.9. The van der Waals surface area contributed by atoms with Gasteiger partial charge in [0.1, 0.15) is 5.60 Å². The van der Waals surface area contributed by atoms with E-state index in [1.54, 1.807) is 18.1 Å². The molecule has 1 aliphatic rings. The Morgan fingerprint density at radius 1 is 1.36 bits per heavy atom. The van der Waals surface area contributed by atoms with Crippen LogP contribution < -0.4 is 9.64 Å². The van der Waals surface area contributed by atoms with Gasteiger partial charge in [0.05, 0.1) is 28.9 Å². The number of benzene rings is 1. The Morgan fingerprint density at radius 3 is 2.56 bits per heavy atom. The Bertz CT molecular complexity index is 694. The summed E-state index contributed by atoms with van der Waals surface area (Å²) in [5.41, 5.74) is 0.904. The number of nitriles is 1. The van der Waals surface area contributed by atoms with Gasteiger partial charge in [-0.3, -0.25) is 0 Å². The van der Waals surface area contributed by atoms with Crippen molar-refractivity contribution in [2.45, 2.75) is 39.3 Å². The highest BCUT2D eigenvalue weighted by Gasteiger charge is 2.31. The minimum Gasteiger partial charge on any atom is -0.493 e. The van der Waals surface area contributed by atoms with Crippen LogP contribution in [-0.2, 0) is 4.74 Å². The van der Waals surface area contributed by atoms with Crippen LogP contribution in [0.4, 0.5) is 10.5 Å². The summed E-state index contributed by atoms with van der Waals surface area (Å²) in [5.74, 6) is 0.691. The summed E-state index contributed by atoms with van der Waals surface area (Å²) in [7, 11) is 1.61. The fourth-order valence-electron chi connectivity index (χ4n) is 2.87. The van der Waals surface area contributed by atoms with E-state index in [0.717, 1.165) is 10.2 Å². The molecule has 0 aliphatic carbocycles. The molecule has 0 spiro atoms. The molecule has 1 fully saturated rings. The Hall–Kier alpha value is -1.94. The van der Waals surface area contributed by atoms with Crippen molar-refractivity contribution >= 4 is 27.7 Å². The molecule has 1 aliphatic heterocycles. The van der Waals surface area contributed by atoms with Gasteiger partial charge in [-0.1, -0.05) is 0 Å². The summed E-state index contributed by atoms with van der Waals surface area (Å²) < 4.78 is 11.7. The van der Waals surface area contributed by atoms with Crippen molar-refractivity contribution in [2.75, 3.05) is 31.6 Å². The van der Waals surface area contributed by atoms with Gasteiger partial charge in [-0.15, -0.1) is 0 Å². The Morgan fingerprint density at radius 2 is 2.04 bits per heavy atom. The van der Waals surface area contributed by atoms with Gasteiger partial charge >= 0.3 is 6.09 Å². The van der Waals surface area contributed by atoms with Crippen molar-refractivity contribution in [3.63, 3.8) is 0 Å². The van der Waals surface area contributed by atoms with E-state index in [-0.39, 0.29) is 12.1 Å². The van der Waals surface area contributed by atoms with Crippen molar-refractivity contribution in [1.82, 2.24) is 4.90 Å². The quantitative estimate of drug-likeness (QED) is 0.743. The van der Waals surface area contributed by atoms with Gasteiger partial charge in [0.25, 0.3) is 0 Å². The first-order valence-corrected chi connectivity index (χ1v) is 8.97. The van der Waals surface area contributed by atoms with Crippen LogP contribution in [0.1, 0.15) is 33.3 Å². The summed E-state index contributed by atoms with van der Waals surface area (Å²) in [5, 5.41) is 9.24. The zero-order chi connectivity index (χ0) is 18.8. The van der Waals surface area contributed by atoms with Crippen LogP contribution >= 0.6 is 15.9 Å². The van der Waals surface area contributed by atoms with Gasteiger partial charge in [-0.25, -0.2) is 4.79 Å². The fraction of sp³-hybridized carbons (Fsp3) is 0.556. The molecule has 1 aromatic carbocycles. The predicted octanol–water partition coefficient (Wildman–Crippen LogP) is 3.77. The normalized spacial score (nSPS) is 17.9. The molecule has 0 unspecified atom stereocenters. The van der Waals surface area contributed by atoms with Gasteiger partial charge in [-0.05, 0) is 55.8 Å². The number of carbonyl (C=O) groups is 1. The predicted molar refractivity (Wildman–Crippen MR) is 100 cm³/mol. The molecule has 1 heterocycles. The summed E-state index contributed by atoms with van der Waals surface area (Å²) in [6, 6.07) is 5.80. The number of amides is 1. The first kappa shape index (κ1) is 19.4. The molecule has 6 nitrogen and oxygen atoms in total. The second kappa shape index (κ2) is 7.52. The van der Waals surface area contributed by atoms with E-state index in [2.05, 4.69) is 26.9 Å². The van der Waals surface area contributed by atoms with E-state index in [1.807, 2.05) is 33.8 Å². The molecule has 25 heavy (non-hydrogen) atoms. The van der Waals surface area contributed by atoms with E-state index in [0.29, 0.717) is 30.9 Å². The van der Waals surface area contributed by atoms with Crippen molar-refractivity contribution in [3.8, 4) is 11.8 Å². The van der Waals surface area contributed by atoms with Gasteiger partial charge in [-0.2, -0.15) is 5.26 Å². The standard InChI is InChI=1S/C18H24BrN3O3/c1-12-11-21(17(23)25-18(2,3)4)6-7-22(12)15-9-13(10-20)8-14(19)16(15)24-5/h8-9,12H,6-7,11H2,1-5H3/t12-/m0/s1. The van der Waals surface area contributed by atoms with E-state index < -0.39 is 5.60 Å². The number of hydrogen-bond donors (Lipinski definition) is 0. The molecule has 136 valence electrons. The summed E-state index contributed by atoms with van der Waals surface area (Å²) >= 11 is 3.47. The zero-order valence-corrected chi connectivity index (χ0v) is 16.9. The summed E-state index contributed by atoms with van der Waals surface area (Å²) in [6.07, 6.45) is -0.294. The Kier molecular flexibility index (Phi) is 5.83. The first-order valence-electron chi connectivity index (χ1n) is 8.18. The van der Waals surface area contributed by atoms with Gasteiger partial charge in [0, 0.05) is 25.7 Å². The number of ether oxygens (including phenoxy) is 2. The lowest BCUT2D eigenvalue weighted by atomic mass is 10.1. The first-order chi connectivity index (χ1) is 11.7. The van der Waals surface area contributed by atoms with Crippen LogP contribution in [-0.4, -0.2) is 49.4 Å². The molecule has 0 bridgehead atoms. The molecule has 1 aromatic rings. The summed E-state index contributed by atoms with van der Waals surface area (Å²) in [4.78, 5) is 16.2. The highest BCUT2D eigenvalue weighted by molar-refractivity contribution is 9.10. The zero-order valence-electron chi connectivity index (χ0n) is 15.3. The molecule has 2 rings (SSSR count). The van der Waals surface area contributed by atoms with Gasteiger partial charge in [0.15, 0.2) is 5.75 Å². The van der Waals surface area contributed by atoms with E-state index in [1.165, 1.54) is 0 Å². The Balaban J connectivity index is 2.21. The number of anilines is 1. The van der Waals surface area contributed by atoms with Crippen LogP contribution in [0.25, 0.3) is 0 Å². The van der Waals surface area contributed by atoms with Crippen LogP contribution in [0, 0.1) is 11.3 Å².